The van der Waals surface area contributed by atoms with Crippen LogP contribution in [0.5, 0.6) is 0 Å². The highest BCUT2D eigenvalue weighted by Crippen LogP contribution is 2.28. The zero-order chi connectivity index (χ0) is 12.3. The molecular formula is C11H10BrClN4. The Kier molecular flexibility index (Phi) is 3.83. The Morgan fingerprint density at radius 1 is 1.18 bits per heavy atom. The standard InChI is InChI=1S/C11H10BrClN4/c12-7-4-5-8(13)9(6-7)15-10-2-1-3-11(16-10)17-14/h1-6H,14H2,(H2,15,16,17). The van der Waals surface area contributed by atoms with Gasteiger partial charge in [0.05, 0.1) is 10.7 Å². The van der Waals surface area contributed by atoms with Crippen LogP contribution in [0.4, 0.5) is 17.3 Å². The molecule has 0 unspecified atom stereocenters. The first-order valence-electron chi connectivity index (χ1n) is 4.85. The van der Waals surface area contributed by atoms with Crippen molar-refractivity contribution < 1.29 is 0 Å². The number of anilines is 3. The van der Waals surface area contributed by atoms with Gasteiger partial charge in [-0.15, -0.1) is 0 Å². The number of hydrazine groups is 1. The first kappa shape index (κ1) is 12.2. The van der Waals surface area contributed by atoms with Crippen LogP contribution in [0.3, 0.4) is 0 Å². The molecule has 0 spiro atoms. The lowest BCUT2D eigenvalue weighted by Gasteiger charge is -2.09. The van der Waals surface area contributed by atoms with Crippen molar-refractivity contribution in [3.63, 3.8) is 0 Å². The third-order valence-corrected chi connectivity index (χ3v) is 2.91. The molecule has 0 saturated heterocycles. The van der Waals surface area contributed by atoms with E-state index in [1.165, 1.54) is 0 Å². The number of nitrogens with one attached hydrogen (secondary N) is 2. The molecule has 0 fully saturated rings. The van der Waals surface area contributed by atoms with Crippen molar-refractivity contribution in [3.05, 3.63) is 45.9 Å². The van der Waals surface area contributed by atoms with Gasteiger partial charge in [0.1, 0.15) is 11.6 Å². The number of nitrogens with two attached hydrogens (primary N) is 1. The molecule has 0 aliphatic heterocycles. The number of halogens is 2. The number of pyridine rings is 1. The topological polar surface area (TPSA) is 63.0 Å². The van der Waals surface area contributed by atoms with Gasteiger partial charge in [0.15, 0.2) is 0 Å². The molecule has 4 nitrogen and oxygen atoms in total. The molecule has 17 heavy (non-hydrogen) atoms. The predicted octanol–water partition coefficient (Wildman–Crippen LogP) is 3.53. The molecule has 0 aliphatic carbocycles. The van der Waals surface area contributed by atoms with Crippen LogP contribution in [-0.2, 0) is 0 Å². The maximum absolute atomic E-state index is 6.07. The summed E-state index contributed by atoms with van der Waals surface area (Å²) in [5, 5.41) is 3.75. The lowest BCUT2D eigenvalue weighted by Crippen LogP contribution is -2.08. The summed E-state index contributed by atoms with van der Waals surface area (Å²) in [7, 11) is 0. The van der Waals surface area contributed by atoms with Crippen LogP contribution in [0.2, 0.25) is 5.02 Å². The molecule has 0 aliphatic rings. The lowest BCUT2D eigenvalue weighted by molar-refractivity contribution is 1.22. The van der Waals surface area contributed by atoms with Crippen molar-refractivity contribution >= 4 is 44.9 Å². The fraction of sp³-hybridized carbons (Fsp3) is 0. The Balaban J connectivity index is 2.27. The summed E-state index contributed by atoms with van der Waals surface area (Å²) in [5.41, 5.74) is 3.27. The average Bonchev–Trinajstić information content (AvgIpc) is 2.34. The molecular weight excluding hydrogens is 304 g/mol. The molecule has 2 aromatic rings. The van der Waals surface area contributed by atoms with E-state index < -0.39 is 0 Å². The van der Waals surface area contributed by atoms with Crippen molar-refractivity contribution in [2.75, 3.05) is 10.7 Å². The van der Waals surface area contributed by atoms with Crippen molar-refractivity contribution in [1.82, 2.24) is 4.98 Å². The van der Waals surface area contributed by atoms with Gasteiger partial charge in [0, 0.05) is 4.47 Å². The van der Waals surface area contributed by atoms with E-state index in [2.05, 4.69) is 31.7 Å². The van der Waals surface area contributed by atoms with Gasteiger partial charge >= 0.3 is 0 Å². The highest BCUT2D eigenvalue weighted by Gasteiger charge is 2.03. The Hall–Kier alpha value is -1.30. The molecule has 1 aromatic carbocycles. The third kappa shape index (κ3) is 3.09. The Morgan fingerprint density at radius 3 is 2.71 bits per heavy atom. The van der Waals surface area contributed by atoms with Crippen LogP contribution >= 0.6 is 27.5 Å². The van der Waals surface area contributed by atoms with E-state index in [0.717, 1.165) is 10.2 Å². The van der Waals surface area contributed by atoms with Crippen LogP contribution < -0.4 is 16.6 Å². The summed E-state index contributed by atoms with van der Waals surface area (Å²) in [6.45, 7) is 0. The molecule has 2 rings (SSSR count). The summed E-state index contributed by atoms with van der Waals surface area (Å²) < 4.78 is 0.942. The monoisotopic (exact) mass is 312 g/mol. The van der Waals surface area contributed by atoms with Crippen LogP contribution in [0.25, 0.3) is 0 Å². The van der Waals surface area contributed by atoms with Gasteiger partial charge in [-0.25, -0.2) is 10.8 Å². The predicted molar refractivity (Wildman–Crippen MR) is 74.5 cm³/mol. The lowest BCUT2D eigenvalue weighted by atomic mass is 10.3. The van der Waals surface area contributed by atoms with Crippen LogP contribution in [0.1, 0.15) is 0 Å². The minimum absolute atomic E-state index is 0.584. The molecule has 0 bridgehead atoms. The Morgan fingerprint density at radius 2 is 1.94 bits per heavy atom. The molecule has 88 valence electrons. The van der Waals surface area contributed by atoms with Gasteiger partial charge in [0.25, 0.3) is 0 Å². The minimum Gasteiger partial charge on any atom is -0.339 e. The first-order chi connectivity index (χ1) is 8.19. The Bertz CT molecular complexity index is 533. The summed E-state index contributed by atoms with van der Waals surface area (Å²) in [6, 6.07) is 11.0. The van der Waals surface area contributed by atoms with Gasteiger partial charge in [-0.3, -0.25) is 0 Å². The van der Waals surface area contributed by atoms with E-state index in [1.54, 1.807) is 12.1 Å². The summed E-state index contributed by atoms with van der Waals surface area (Å²) >= 11 is 9.45. The number of hydrogen-bond acceptors (Lipinski definition) is 4. The van der Waals surface area contributed by atoms with Crippen molar-refractivity contribution in [2.45, 2.75) is 0 Å². The second-order valence-corrected chi connectivity index (χ2v) is 4.62. The van der Waals surface area contributed by atoms with E-state index in [-0.39, 0.29) is 0 Å². The largest absolute Gasteiger partial charge is 0.339 e. The summed E-state index contributed by atoms with van der Waals surface area (Å²) in [5.74, 6) is 6.54. The zero-order valence-electron chi connectivity index (χ0n) is 8.74. The summed E-state index contributed by atoms with van der Waals surface area (Å²) in [6.07, 6.45) is 0. The quantitative estimate of drug-likeness (QED) is 0.599. The second-order valence-electron chi connectivity index (χ2n) is 3.30. The molecule has 4 N–H and O–H groups in total. The van der Waals surface area contributed by atoms with Crippen LogP contribution in [0, 0.1) is 0 Å². The normalized spacial score (nSPS) is 10.1. The first-order valence-corrected chi connectivity index (χ1v) is 6.02. The van der Waals surface area contributed by atoms with E-state index >= 15 is 0 Å². The zero-order valence-corrected chi connectivity index (χ0v) is 11.1. The maximum Gasteiger partial charge on any atom is 0.142 e. The second kappa shape index (κ2) is 5.35. The van der Waals surface area contributed by atoms with E-state index in [4.69, 9.17) is 17.4 Å². The van der Waals surface area contributed by atoms with Gasteiger partial charge in [-0.1, -0.05) is 33.6 Å². The van der Waals surface area contributed by atoms with E-state index in [0.29, 0.717) is 16.7 Å². The van der Waals surface area contributed by atoms with Gasteiger partial charge in [-0.2, -0.15) is 0 Å². The van der Waals surface area contributed by atoms with Crippen molar-refractivity contribution in [3.8, 4) is 0 Å². The fourth-order valence-electron chi connectivity index (χ4n) is 1.32. The summed E-state index contributed by atoms with van der Waals surface area (Å²) in [4.78, 5) is 4.24. The van der Waals surface area contributed by atoms with E-state index in [9.17, 15) is 0 Å². The van der Waals surface area contributed by atoms with Crippen molar-refractivity contribution in [2.24, 2.45) is 5.84 Å². The highest BCUT2D eigenvalue weighted by molar-refractivity contribution is 9.10. The number of aromatic nitrogens is 1. The number of benzene rings is 1. The fourth-order valence-corrected chi connectivity index (χ4v) is 1.84. The SMILES string of the molecule is NNc1cccc(Nc2cc(Br)ccc2Cl)n1. The Labute approximate surface area is 112 Å². The molecule has 1 aromatic heterocycles. The molecule has 1 heterocycles. The van der Waals surface area contributed by atoms with Crippen LogP contribution in [-0.4, -0.2) is 4.98 Å². The smallest absolute Gasteiger partial charge is 0.142 e. The number of nitrogen functional groups attached to an aromatic ring is 1. The van der Waals surface area contributed by atoms with Crippen LogP contribution in [0.15, 0.2) is 40.9 Å². The minimum atomic E-state index is 0.584. The maximum atomic E-state index is 6.07. The molecule has 0 saturated carbocycles. The molecule has 6 heteroatoms. The van der Waals surface area contributed by atoms with Gasteiger partial charge < -0.3 is 10.7 Å². The molecule has 0 radical (unpaired) electrons. The number of nitrogens with zero attached hydrogens (tertiary/aromatic N) is 1. The highest BCUT2D eigenvalue weighted by atomic mass is 79.9. The molecule has 0 atom stereocenters. The molecule has 0 amide bonds. The average molecular weight is 314 g/mol. The third-order valence-electron chi connectivity index (χ3n) is 2.09. The van der Waals surface area contributed by atoms with Gasteiger partial charge in [0.2, 0.25) is 0 Å². The van der Waals surface area contributed by atoms with Gasteiger partial charge in [-0.05, 0) is 30.3 Å². The van der Waals surface area contributed by atoms with E-state index in [1.807, 2.05) is 24.3 Å². The number of rotatable bonds is 3. The number of hydrogen-bond donors (Lipinski definition) is 3. The van der Waals surface area contributed by atoms with Crippen molar-refractivity contribution in [1.29, 1.82) is 0 Å².